The molecule has 2 aliphatic rings. The summed E-state index contributed by atoms with van der Waals surface area (Å²) in [5, 5.41) is 13.8. The van der Waals surface area contributed by atoms with Gasteiger partial charge in [-0.25, -0.2) is 4.98 Å². The Hall–Kier alpha value is -1.79. The second-order valence-corrected chi connectivity index (χ2v) is 8.48. The number of benzene rings is 1. The number of nitrogens with one attached hydrogen (secondary N) is 1. The van der Waals surface area contributed by atoms with E-state index in [0.717, 1.165) is 42.9 Å². The standard InChI is InChI=1S/C21H27N3O2S/c25-17-10-6-7-15(13-17)22-20(26)14-27-21-23-18-11-4-5-12-19(18)24(21)16-8-2-1-3-9-16/h1-3,8-9,15,17,25H,4-7,10-14H2,(H,22,26). The monoisotopic (exact) mass is 385 g/mol. The van der Waals surface area contributed by atoms with Crippen molar-refractivity contribution in [2.24, 2.45) is 0 Å². The van der Waals surface area contributed by atoms with E-state index in [2.05, 4.69) is 22.0 Å². The van der Waals surface area contributed by atoms with Gasteiger partial charge in [-0.1, -0.05) is 30.0 Å². The SMILES string of the molecule is O=C(CSc1nc2c(n1-c1ccccc1)CCCC2)NC1CCCC(O)C1. The normalized spacial score (nSPS) is 22.3. The van der Waals surface area contributed by atoms with Gasteiger partial charge in [0.25, 0.3) is 0 Å². The van der Waals surface area contributed by atoms with E-state index >= 15 is 0 Å². The minimum absolute atomic E-state index is 0.0275. The zero-order valence-electron chi connectivity index (χ0n) is 15.6. The van der Waals surface area contributed by atoms with E-state index < -0.39 is 0 Å². The van der Waals surface area contributed by atoms with Crippen molar-refractivity contribution in [3.8, 4) is 5.69 Å². The molecule has 4 rings (SSSR count). The molecule has 0 aliphatic heterocycles. The molecule has 0 saturated heterocycles. The molecule has 1 saturated carbocycles. The molecule has 2 aliphatic carbocycles. The van der Waals surface area contributed by atoms with Gasteiger partial charge in [0.2, 0.25) is 5.91 Å². The van der Waals surface area contributed by atoms with Gasteiger partial charge in [-0.05, 0) is 63.5 Å². The number of carbonyl (C=O) groups is 1. The fraction of sp³-hybridized carbons (Fsp3) is 0.524. The summed E-state index contributed by atoms with van der Waals surface area (Å²) in [5.41, 5.74) is 3.60. The average Bonchev–Trinajstić information content (AvgIpc) is 3.05. The molecule has 2 unspecified atom stereocenters. The third-order valence-electron chi connectivity index (χ3n) is 5.46. The Morgan fingerprint density at radius 1 is 1.19 bits per heavy atom. The number of hydrogen-bond acceptors (Lipinski definition) is 4. The quantitative estimate of drug-likeness (QED) is 0.776. The van der Waals surface area contributed by atoms with Crippen molar-refractivity contribution in [1.82, 2.24) is 14.9 Å². The zero-order valence-corrected chi connectivity index (χ0v) is 16.4. The second-order valence-electron chi connectivity index (χ2n) is 7.54. The van der Waals surface area contributed by atoms with Crippen LogP contribution in [0.15, 0.2) is 35.5 Å². The van der Waals surface area contributed by atoms with Gasteiger partial charge >= 0.3 is 0 Å². The number of fused-ring (bicyclic) bond motifs is 1. The maximum atomic E-state index is 12.4. The summed E-state index contributed by atoms with van der Waals surface area (Å²) in [5.74, 6) is 0.384. The molecule has 0 spiro atoms. The molecule has 6 heteroatoms. The Morgan fingerprint density at radius 2 is 2.00 bits per heavy atom. The van der Waals surface area contributed by atoms with E-state index in [1.807, 2.05) is 18.2 Å². The van der Waals surface area contributed by atoms with Crippen LogP contribution in [0.25, 0.3) is 5.69 Å². The average molecular weight is 386 g/mol. The number of rotatable bonds is 5. The third-order valence-corrected chi connectivity index (χ3v) is 6.40. The molecule has 2 N–H and O–H groups in total. The van der Waals surface area contributed by atoms with E-state index in [9.17, 15) is 9.90 Å². The van der Waals surface area contributed by atoms with Gasteiger partial charge in [0.1, 0.15) is 0 Å². The smallest absolute Gasteiger partial charge is 0.230 e. The Balaban J connectivity index is 1.47. The van der Waals surface area contributed by atoms with Crippen LogP contribution < -0.4 is 5.32 Å². The number of aromatic nitrogens is 2. The largest absolute Gasteiger partial charge is 0.393 e. The number of carbonyl (C=O) groups excluding carboxylic acids is 1. The van der Waals surface area contributed by atoms with Gasteiger partial charge in [0.15, 0.2) is 5.16 Å². The zero-order chi connectivity index (χ0) is 18.6. The Morgan fingerprint density at radius 3 is 2.81 bits per heavy atom. The van der Waals surface area contributed by atoms with Crippen molar-refractivity contribution in [1.29, 1.82) is 0 Å². The minimum Gasteiger partial charge on any atom is -0.393 e. The number of nitrogens with zero attached hydrogens (tertiary/aromatic N) is 2. The van der Waals surface area contributed by atoms with Crippen LogP contribution in [0.1, 0.15) is 49.9 Å². The topological polar surface area (TPSA) is 67.2 Å². The van der Waals surface area contributed by atoms with Gasteiger partial charge < -0.3 is 10.4 Å². The van der Waals surface area contributed by atoms with Crippen molar-refractivity contribution >= 4 is 17.7 Å². The van der Waals surface area contributed by atoms with Crippen LogP contribution in [-0.2, 0) is 17.6 Å². The summed E-state index contributed by atoms with van der Waals surface area (Å²) in [6.45, 7) is 0. The predicted octanol–water partition coefficient (Wildman–Crippen LogP) is 3.26. The highest BCUT2D eigenvalue weighted by Gasteiger charge is 2.24. The van der Waals surface area contributed by atoms with Crippen LogP contribution in [0, 0.1) is 0 Å². The summed E-state index contributed by atoms with van der Waals surface area (Å²) < 4.78 is 2.23. The number of aliphatic hydroxyl groups excluding tert-OH is 1. The highest BCUT2D eigenvalue weighted by molar-refractivity contribution is 7.99. The van der Waals surface area contributed by atoms with E-state index in [-0.39, 0.29) is 18.1 Å². The molecule has 27 heavy (non-hydrogen) atoms. The maximum Gasteiger partial charge on any atom is 0.230 e. The molecule has 144 valence electrons. The van der Waals surface area contributed by atoms with E-state index in [1.54, 1.807) is 0 Å². The van der Waals surface area contributed by atoms with Gasteiger partial charge in [0, 0.05) is 17.4 Å². The Labute approximate surface area is 164 Å². The number of aliphatic hydroxyl groups is 1. The maximum absolute atomic E-state index is 12.4. The first-order valence-electron chi connectivity index (χ1n) is 9.97. The first-order chi connectivity index (χ1) is 13.2. The number of thioether (sulfide) groups is 1. The summed E-state index contributed by atoms with van der Waals surface area (Å²) in [4.78, 5) is 17.3. The predicted molar refractivity (Wildman–Crippen MR) is 107 cm³/mol. The van der Waals surface area contributed by atoms with E-state index in [4.69, 9.17) is 4.98 Å². The molecule has 1 amide bonds. The lowest BCUT2D eigenvalue weighted by Crippen LogP contribution is -2.40. The first kappa shape index (κ1) is 18.6. The lowest BCUT2D eigenvalue weighted by Gasteiger charge is -2.26. The van der Waals surface area contributed by atoms with Crippen molar-refractivity contribution in [2.75, 3.05) is 5.75 Å². The van der Waals surface area contributed by atoms with Crippen LogP contribution in [0.4, 0.5) is 0 Å². The number of aryl methyl sites for hydroxylation is 1. The summed E-state index contributed by atoms with van der Waals surface area (Å²) in [6.07, 6.45) is 7.63. The number of imidazole rings is 1. The Kier molecular flexibility index (Phi) is 5.83. The van der Waals surface area contributed by atoms with Gasteiger partial charge in [0.05, 0.1) is 17.6 Å². The van der Waals surface area contributed by atoms with Crippen LogP contribution in [-0.4, -0.2) is 38.5 Å². The highest BCUT2D eigenvalue weighted by atomic mass is 32.2. The molecule has 1 heterocycles. The summed E-state index contributed by atoms with van der Waals surface area (Å²) in [6, 6.07) is 10.4. The van der Waals surface area contributed by atoms with Crippen molar-refractivity contribution in [2.45, 2.75) is 68.7 Å². The lowest BCUT2D eigenvalue weighted by atomic mass is 9.93. The minimum atomic E-state index is -0.277. The Bertz CT molecular complexity index is 790. The van der Waals surface area contributed by atoms with Crippen molar-refractivity contribution in [3.63, 3.8) is 0 Å². The number of amides is 1. The molecule has 1 aromatic carbocycles. The molecule has 1 aromatic heterocycles. The molecular weight excluding hydrogens is 358 g/mol. The van der Waals surface area contributed by atoms with Gasteiger partial charge in [-0.2, -0.15) is 0 Å². The van der Waals surface area contributed by atoms with E-state index in [0.29, 0.717) is 12.2 Å². The fourth-order valence-corrected chi connectivity index (χ4v) is 5.01. The highest BCUT2D eigenvalue weighted by Crippen LogP contribution is 2.30. The van der Waals surface area contributed by atoms with Crippen LogP contribution in [0.2, 0.25) is 0 Å². The molecule has 1 fully saturated rings. The molecular formula is C21H27N3O2S. The van der Waals surface area contributed by atoms with Crippen molar-refractivity contribution < 1.29 is 9.90 Å². The molecule has 2 atom stereocenters. The van der Waals surface area contributed by atoms with Crippen LogP contribution in [0.3, 0.4) is 0 Å². The molecule has 5 nitrogen and oxygen atoms in total. The van der Waals surface area contributed by atoms with Crippen LogP contribution >= 0.6 is 11.8 Å². The fourth-order valence-electron chi connectivity index (χ4n) is 4.15. The van der Waals surface area contributed by atoms with Crippen molar-refractivity contribution in [3.05, 3.63) is 41.7 Å². The summed E-state index contributed by atoms with van der Waals surface area (Å²) >= 11 is 1.51. The first-order valence-corrected chi connectivity index (χ1v) is 11.0. The number of para-hydroxylation sites is 1. The third kappa shape index (κ3) is 4.38. The lowest BCUT2D eigenvalue weighted by molar-refractivity contribution is -0.119. The van der Waals surface area contributed by atoms with E-state index in [1.165, 1.54) is 36.0 Å². The molecule has 2 aromatic rings. The van der Waals surface area contributed by atoms with Gasteiger partial charge in [-0.15, -0.1) is 0 Å². The number of hydrogen-bond donors (Lipinski definition) is 2. The molecule has 0 bridgehead atoms. The second kappa shape index (κ2) is 8.48. The van der Waals surface area contributed by atoms with Gasteiger partial charge in [-0.3, -0.25) is 9.36 Å². The molecule has 0 radical (unpaired) electrons. The van der Waals surface area contributed by atoms with Crippen LogP contribution in [0.5, 0.6) is 0 Å². The summed E-state index contributed by atoms with van der Waals surface area (Å²) in [7, 11) is 0.